The third-order valence-electron chi connectivity index (χ3n) is 4.11. The molecule has 0 bridgehead atoms. The molecule has 0 saturated heterocycles. The molecule has 1 aliphatic rings. The van der Waals surface area contributed by atoms with E-state index in [1.165, 1.54) is 0 Å². The van der Waals surface area contributed by atoms with Crippen molar-refractivity contribution in [3.05, 3.63) is 65.0 Å². The standard InChI is InChI=1S/C19H17N3O4S/c1-12-16(22-27-21-12)10-24-15-4-2-3-14(8-15)19(23)20-9-13-5-6-17-18(7-13)26-11-25-17/h2-8H,9-11H2,1H3,(H,20,23). The zero-order valence-corrected chi connectivity index (χ0v) is 15.4. The number of hydrogen-bond acceptors (Lipinski definition) is 7. The molecule has 0 radical (unpaired) electrons. The summed E-state index contributed by atoms with van der Waals surface area (Å²) in [7, 11) is 0. The minimum atomic E-state index is -0.176. The number of aromatic nitrogens is 2. The van der Waals surface area contributed by atoms with Gasteiger partial charge in [0.2, 0.25) is 6.79 Å². The Morgan fingerprint density at radius 2 is 2.07 bits per heavy atom. The predicted molar refractivity (Wildman–Crippen MR) is 99.2 cm³/mol. The van der Waals surface area contributed by atoms with Gasteiger partial charge < -0.3 is 19.5 Å². The zero-order valence-electron chi connectivity index (χ0n) is 14.6. The molecule has 27 heavy (non-hydrogen) atoms. The van der Waals surface area contributed by atoms with E-state index in [0.29, 0.717) is 30.2 Å². The third kappa shape index (κ3) is 4.01. The highest BCUT2D eigenvalue weighted by atomic mass is 32.1. The number of ether oxygens (including phenoxy) is 3. The van der Waals surface area contributed by atoms with Crippen LogP contribution in [0.4, 0.5) is 0 Å². The minimum Gasteiger partial charge on any atom is -0.487 e. The lowest BCUT2D eigenvalue weighted by Crippen LogP contribution is -2.22. The smallest absolute Gasteiger partial charge is 0.251 e. The topological polar surface area (TPSA) is 82.6 Å². The van der Waals surface area contributed by atoms with E-state index in [1.54, 1.807) is 18.2 Å². The summed E-state index contributed by atoms with van der Waals surface area (Å²) in [5.41, 5.74) is 3.13. The lowest BCUT2D eigenvalue weighted by atomic mass is 10.1. The fourth-order valence-corrected chi connectivity index (χ4v) is 3.15. The van der Waals surface area contributed by atoms with Gasteiger partial charge in [0.25, 0.3) is 5.91 Å². The van der Waals surface area contributed by atoms with E-state index in [1.807, 2.05) is 31.2 Å². The normalized spacial score (nSPS) is 12.0. The van der Waals surface area contributed by atoms with E-state index in [0.717, 1.165) is 34.4 Å². The number of fused-ring (bicyclic) bond motifs is 1. The molecule has 7 nitrogen and oxygen atoms in total. The molecule has 8 heteroatoms. The second kappa shape index (κ2) is 7.63. The first-order chi connectivity index (χ1) is 13.2. The molecule has 1 aromatic heterocycles. The van der Waals surface area contributed by atoms with Crippen molar-refractivity contribution in [2.75, 3.05) is 6.79 Å². The van der Waals surface area contributed by atoms with Crippen LogP contribution in [0, 0.1) is 6.92 Å². The second-order valence-corrected chi connectivity index (χ2v) is 6.51. The van der Waals surface area contributed by atoms with Crippen molar-refractivity contribution in [3.63, 3.8) is 0 Å². The Bertz CT molecular complexity index is 973. The van der Waals surface area contributed by atoms with Crippen LogP contribution in [0.1, 0.15) is 27.3 Å². The maximum atomic E-state index is 12.4. The molecular weight excluding hydrogens is 366 g/mol. The average molecular weight is 383 g/mol. The van der Waals surface area contributed by atoms with Gasteiger partial charge in [-0.15, -0.1) is 0 Å². The minimum absolute atomic E-state index is 0.176. The highest BCUT2D eigenvalue weighted by Crippen LogP contribution is 2.32. The number of carbonyl (C=O) groups excluding carboxylic acids is 1. The first kappa shape index (κ1) is 17.3. The first-order valence-corrected chi connectivity index (χ1v) is 9.10. The second-order valence-electron chi connectivity index (χ2n) is 5.98. The fourth-order valence-electron chi connectivity index (χ4n) is 2.59. The molecule has 1 N–H and O–H groups in total. The summed E-state index contributed by atoms with van der Waals surface area (Å²) >= 11 is 1.16. The van der Waals surface area contributed by atoms with Crippen molar-refractivity contribution < 1.29 is 19.0 Å². The summed E-state index contributed by atoms with van der Waals surface area (Å²) in [6.45, 7) is 2.84. The number of benzene rings is 2. The van der Waals surface area contributed by atoms with Gasteiger partial charge in [0.15, 0.2) is 11.5 Å². The molecule has 3 aromatic rings. The van der Waals surface area contributed by atoms with Crippen molar-refractivity contribution in [3.8, 4) is 17.2 Å². The van der Waals surface area contributed by atoms with Gasteiger partial charge in [0.1, 0.15) is 18.1 Å². The molecule has 0 aliphatic carbocycles. The van der Waals surface area contributed by atoms with E-state index in [9.17, 15) is 4.79 Å². The quantitative estimate of drug-likeness (QED) is 0.704. The molecule has 2 aromatic carbocycles. The van der Waals surface area contributed by atoms with Crippen LogP contribution >= 0.6 is 11.7 Å². The number of rotatable bonds is 6. The predicted octanol–water partition coefficient (Wildman–Crippen LogP) is 3.08. The Morgan fingerprint density at radius 3 is 2.93 bits per heavy atom. The summed E-state index contributed by atoms with van der Waals surface area (Å²) in [5, 5.41) is 2.90. The van der Waals surface area contributed by atoms with Crippen LogP contribution in [0.5, 0.6) is 17.2 Å². The summed E-state index contributed by atoms with van der Waals surface area (Å²) < 4.78 is 24.7. The van der Waals surface area contributed by atoms with Gasteiger partial charge >= 0.3 is 0 Å². The van der Waals surface area contributed by atoms with Gasteiger partial charge in [-0.05, 0) is 42.8 Å². The summed E-state index contributed by atoms with van der Waals surface area (Å²) in [4.78, 5) is 12.4. The molecule has 138 valence electrons. The van der Waals surface area contributed by atoms with Gasteiger partial charge in [0, 0.05) is 12.1 Å². The van der Waals surface area contributed by atoms with Crippen LogP contribution in [0.15, 0.2) is 42.5 Å². The largest absolute Gasteiger partial charge is 0.487 e. The lowest BCUT2D eigenvalue weighted by Gasteiger charge is -2.09. The number of amides is 1. The fraction of sp³-hybridized carbons (Fsp3) is 0.211. The van der Waals surface area contributed by atoms with Gasteiger partial charge in [-0.1, -0.05) is 12.1 Å². The maximum Gasteiger partial charge on any atom is 0.251 e. The van der Waals surface area contributed by atoms with E-state index >= 15 is 0 Å². The number of aryl methyl sites for hydroxylation is 1. The highest BCUT2D eigenvalue weighted by Gasteiger charge is 2.14. The van der Waals surface area contributed by atoms with Crippen molar-refractivity contribution in [2.45, 2.75) is 20.1 Å². The first-order valence-electron chi connectivity index (χ1n) is 8.36. The summed E-state index contributed by atoms with van der Waals surface area (Å²) in [5.74, 6) is 1.85. The average Bonchev–Trinajstić information content (AvgIpc) is 3.32. The Balaban J connectivity index is 1.36. The third-order valence-corrected chi connectivity index (χ3v) is 4.77. The molecular formula is C19H17N3O4S. The summed E-state index contributed by atoms with van der Waals surface area (Å²) in [6.07, 6.45) is 0. The summed E-state index contributed by atoms with van der Waals surface area (Å²) in [6, 6.07) is 12.7. The Kier molecular flexibility index (Phi) is 4.88. The number of carbonyl (C=O) groups is 1. The van der Waals surface area contributed by atoms with Crippen molar-refractivity contribution in [1.29, 1.82) is 0 Å². The molecule has 0 unspecified atom stereocenters. The van der Waals surface area contributed by atoms with Gasteiger partial charge in [-0.25, -0.2) is 0 Å². The van der Waals surface area contributed by atoms with Crippen molar-refractivity contribution in [2.24, 2.45) is 0 Å². The monoisotopic (exact) mass is 383 g/mol. The van der Waals surface area contributed by atoms with Crippen LogP contribution < -0.4 is 19.5 Å². The van der Waals surface area contributed by atoms with Crippen molar-refractivity contribution in [1.82, 2.24) is 14.1 Å². The van der Waals surface area contributed by atoms with Crippen LogP contribution in [-0.2, 0) is 13.2 Å². The maximum absolute atomic E-state index is 12.4. The molecule has 0 spiro atoms. The highest BCUT2D eigenvalue weighted by molar-refractivity contribution is 6.99. The molecule has 0 saturated carbocycles. The van der Waals surface area contributed by atoms with Crippen LogP contribution in [-0.4, -0.2) is 21.4 Å². The van der Waals surface area contributed by atoms with Gasteiger partial charge in [-0.2, -0.15) is 8.75 Å². The van der Waals surface area contributed by atoms with E-state index in [4.69, 9.17) is 14.2 Å². The Labute approximate surface area is 160 Å². The molecule has 2 heterocycles. The number of nitrogens with one attached hydrogen (secondary N) is 1. The van der Waals surface area contributed by atoms with Crippen molar-refractivity contribution >= 4 is 17.6 Å². The Hall–Kier alpha value is -3.13. The van der Waals surface area contributed by atoms with E-state index in [2.05, 4.69) is 14.1 Å². The Morgan fingerprint density at radius 1 is 1.19 bits per heavy atom. The van der Waals surface area contributed by atoms with Crippen LogP contribution in [0.2, 0.25) is 0 Å². The van der Waals surface area contributed by atoms with Gasteiger partial charge in [-0.3, -0.25) is 4.79 Å². The zero-order chi connectivity index (χ0) is 18.6. The lowest BCUT2D eigenvalue weighted by molar-refractivity contribution is 0.0950. The van der Waals surface area contributed by atoms with E-state index < -0.39 is 0 Å². The molecule has 0 fully saturated rings. The SMILES string of the molecule is Cc1nsnc1COc1cccc(C(=O)NCc2ccc3c(c2)OCO3)c1. The molecule has 0 atom stereocenters. The van der Waals surface area contributed by atoms with Crippen LogP contribution in [0.25, 0.3) is 0 Å². The van der Waals surface area contributed by atoms with Crippen LogP contribution in [0.3, 0.4) is 0 Å². The molecule has 1 amide bonds. The molecule has 1 aliphatic heterocycles. The van der Waals surface area contributed by atoms with E-state index in [-0.39, 0.29) is 12.7 Å². The molecule has 4 rings (SSSR count). The number of nitrogens with zero attached hydrogens (tertiary/aromatic N) is 2. The number of hydrogen-bond donors (Lipinski definition) is 1. The van der Waals surface area contributed by atoms with Gasteiger partial charge in [0.05, 0.1) is 17.4 Å².